The molecule has 1 amide bonds. The Morgan fingerprint density at radius 2 is 1.70 bits per heavy atom. The maximum absolute atomic E-state index is 12.3. The number of rotatable bonds is 7. The predicted octanol–water partition coefficient (Wildman–Crippen LogP) is 3.63. The molecule has 0 heterocycles. The molecule has 0 saturated heterocycles. The number of nitro benzene ring substituents is 1. The van der Waals surface area contributed by atoms with E-state index in [1.165, 1.54) is 31.4 Å². The van der Waals surface area contributed by atoms with E-state index in [2.05, 4.69) is 5.32 Å². The number of Topliss-reactive ketones (excluding diaryl/α,β-unsaturated/α-hetero) is 1. The smallest absolute Gasteiger partial charge is 0.342 e. The first-order valence-corrected chi connectivity index (χ1v) is 8.97. The number of ether oxygens (including phenoxy) is 2. The van der Waals surface area contributed by atoms with E-state index >= 15 is 0 Å². The second-order valence-corrected chi connectivity index (χ2v) is 7.42. The van der Waals surface area contributed by atoms with Crippen molar-refractivity contribution < 1.29 is 28.8 Å². The van der Waals surface area contributed by atoms with Gasteiger partial charge in [0.1, 0.15) is 11.3 Å². The van der Waals surface area contributed by atoms with Crippen molar-refractivity contribution in [1.82, 2.24) is 0 Å². The third-order valence-electron chi connectivity index (χ3n) is 4.09. The molecule has 0 aliphatic heterocycles. The average Bonchev–Trinajstić information content (AvgIpc) is 2.70. The highest BCUT2D eigenvalue weighted by Crippen LogP contribution is 2.25. The SMILES string of the molecule is COc1ccc([N+](=O)[O-])cc1C(=O)OCC(=O)c1ccc(NC(=O)C(C)(C)C)cc1. The molecule has 158 valence electrons. The number of hydrogen-bond donors (Lipinski definition) is 1. The summed E-state index contributed by atoms with van der Waals surface area (Å²) in [4.78, 5) is 46.8. The Balaban J connectivity index is 2.04. The fraction of sp³-hybridized carbons (Fsp3) is 0.286. The van der Waals surface area contributed by atoms with Gasteiger partial charge in [0.05, 0.1) is 12.0 Å². The summed E-state index contributed by atoms with van der Waals surface area (Å²) in [6, 6.07) is 9.65. The molecule has 9 nitrogen and oxygen atoms in total. The molecular weight excluding hydrogens is 392 g/mol. The number of amides is 1. The van der Waals surface area contributed by atoms with E-state index in [0.717, 1.165) is 6.07 Å². The van der Waals surface area contributed by atoms with Crippen molar-refractivity contribution in [2.24, 2.45) is 5.41 Å². The molecule has 2 rings (SSSR count). The van der Waals surface area contributed by atoms with Gasteiger partial charge in [-0.15, -0.1) is 0 Å². The Morgan fingerprint density at radius 1 is 1.07 bits per heavy atom. The molecular formula is C21H22N2O7. The molecule has 0 bridgehead atoms. The van der Waals surface area contributed by atoms with Gasteiger partial charge in [0.25, 0.3) is 5.69 Å². The first-order chi connectivity index (χ1) is 14.0. The van der Waals surface area contributed by atoms with Crippen LogP contribution in [0.15, 0.2) is 42.5 Å². The van der Waals surface area contributed by atoms with E-state index in [1.807, 2.05) is 0 Å². The molecule has 30 heavy (non-hydrogen) atoms. The molecule has 0 fully saturated rings. The van der Waals surface area contributed by atoms with Crippen molar-refractivity contribution in [2.75, 3.05) is 19.0 Å². The van der Waals surface area contributed by atoms with Gasteiger partial charge in [0.2, 0.25) is 5.91 Å². The van der Waals surface area contributed by atoms with Crippen LogP contribution in [-0.4, -0.2) is 36.3 Å². The number of nitrogens with zero attached hydrogens (tertiary/aromatic N) is 1. The van der Waals surface area contributed by atoms with Crippen molar-refractivity contribution in [3.63, 3.8) is 0 Å². The van der Waals surface area contributed by atoms with E-state index in [0.29, 0.717) is 5.69 Å². The predicted molar refractivity (Wildman–Crippen MR) is 109 cm³/mol. The van der Waals surface area contributed by atoms with Crippen LogP contribution in [0.1, 0.15) is 41.5 Å². The van der Waals surface area contributed by atoms with Crippen LogP contribution >= 0.6 is 0 Å². The fourth-order valence-electron chi connectivity index (χ4n) is 2.32. The van der Waals surface area contributed by atoms with Gasteiger partial charge in [-0.2, -0.15) is 0 Å². The van der Waals surface area contributed by atoms with E-state index in [1.54, 1.807) is 32.9 Å². The number of hydrogen-bond acceptors (Lipinski definition) is 7. The number of anilines is 1. The van der Waals surface area contributed by atoms with Crippen LogP contribution < -0.4 is 10.1 Å². The van der Waals surface area contributed by atoms with E-state index in [-0.39, 0.29) is 28.5 Å². The topological polar surface area (TPSA) is 125 Å². The second kappa shape index (κ2) is 9.17. The van der Waals surface area contributed by atoms with Crippen molar-refractivity contribution in [3.05, 3.63) is 63.7 Å². The minimum Gasteiger partial charge on any atom is -0.496 e. The lowest BCUT2D eigenvalue weighted by Gasteiger charge is -2.17. The van der Waals surface area contributed by atoms with Crippen LogP contribution in [0.4, 0.5) is 11.4 Å². The lowest BCUT2D eigenvalue weighted by atomic mass is 9.95. The van der Waals surface area contributed by atoms with E-state index in [4.69, 9.17) is 9.47 Å². The maximum atomic E-state index is 12.3. The molecule has 0 unspecified atom stereocenters. The molecule has 0 aliphatic carbocycles. The summed E-state index contributed by atoms with van der Waals surface area (Å²) in [5.74, 6) is -1.46. The number of benzene rings is 2. The van der Waals surface area contributed by atoms with E-state index in [9.17, 15) is 24.5 Å². The van der Waals surface area contributed by atoms with Gasteiger partial charge < -0.3 is 14.8 Å². The van der Waals surface area contributed by atoms with Crippen LogP contribution in [0.2, 0.25) is 0 Å². The third-order valence-corrected chi connectivity index (χ3v) is 4.09. The Morgan fingerprint density at radius 3 is 2.23 bits per heavy atom. The monoisotopic (exact) mass is 414 g/mol. The van der Waals surface area contributed by atoms with Crippen LogP contribution in [0, 0.1) is 15.5 Å². The van der Waals surface area contributed by atoms with Crippen molar-refractivity contribution in [3.8, 4) is 5.75 Å². The molecule has 2 aromatic rings. The number of esters is 1. The zero-order valence-electron chi connectivity index (χ0n) is 17.1. The first-order valence-electron chi connectivity index (χ1n) is 8.97. The number of nitrogens with one attached hydrogen (secondary N) is 1. The highest BCUT2D eigenvalue weighted by molar-refractivity contribution is 6.01. The lowest BCUT2D eigenvalue weighted by molar-refractivity contribution is -0.384. The van der Waals surface area contributed by atoms with Gasteiger partial charge in [0, 0.05) is 28.8 Å². The number of nitro groups is 1. The van der Waals surface area contributed by atoms with Crippen LogP contribution in [-0.2, 0) is 9.53 Å². The summed E-state index contributed by atoms with van der Waals surface area (Å²) in [5.41, 5.74) is -0.204. The lowest BCUT2D eigenvalue weighted by Crippen LogP contribution is -2.27. The first kappa shape index (κ1) is 22.5. The Hall–Kier alpha value is -3.75. The molecule has 0 atom stereocenters. The number of carbonyl (C=O) groups is 3. The minimum atomic E-state index is -0.919. The van der Waals surface area contributed by atoms with Crippen molar-refractivity contribution in [1.29, 1.82) is 0 Å². The molecule has 1 N–H and O–H groups in total. The van der Waals surface area contributed by atoms with Gasteiger partial charge >= 0.3 is 5.97 Å². The normalized spacial score (nSPS) is 10.8. The summed E-state index contributed by atoms with van der Waals surface area (Å²) in [7, 11) is 1.31. The number of carbonyl (C=O) groups excluding carboxylic acids is 3. The van der Waals surface area contributed by atoms with Gasteiger partial charge in [-0.05, 0) is 30.3 Å². The van der Waals surface area contributed by atoms with Crippen molar-refractivity contribution in [2.45, 2.75) is 20.8 Å². The molecule has 0 aromatic heterocycles. The number of methoxy groups -OCH3 is 1. The minimum absolute atomic E-state index is 0.0944. The summed E-state index contributed by atoms with van der Waals surface area (Å²) < 4.78 is 10.0. The van der Waals surface area contributed by atoms with E-state index < -0.39 is 28.7 Å². The van der Waals surface area contributed by atoms with Crippen LogP contribution in [0.3, 0.4) is 0 Å². The molecule has 0 aliphatic rings. The highest BCUT2D eigenvalue weighted by atomic mass is 16.6. The third kappa shape index (κ3) is 5.63. The van der Waals surface area contributed by atoms with Crippen LogP contribution in [0.5, 0.6) is 5.75 Å². The molecule has 2 aromatic carbocycles. The molecule has 0 radical (unpaired) electrons. The number of ketones is 1. The summed E-state index contributed by atoms with van der Waals surface area (Å²) in [6.07, 6.45) is 0. The molecule has 9 heteroatoms. The largest absolute Gasteiger partial charge is 0.496 e. The maximum Gasteiger partial charge on any atom is 0.342 e. The van der Waals surface area contributed by atoms with Gasteiger partial charge in [-0.1, -0.05) is 20.8 Å². The summed E-state index contributed by atoms with van der Waals surface area (Å²) in [6.45, 7) is 4.79. The highest BCUT2D eigenvalue weighted by Gasteiger charge is 2.22. The molecule has 0 saturated carbocycles. The zero-order chi connectivity index (χ0) is 22.5. The van der Waals surface area contributed by atoms with Gasteiger partial charge in [0.15, 0.2) is 12.4 Å². The fourth-order valence-corrected chi connectivity index (χ4v) is 2.32. The second-order valence-electron chi connectivity index (χ2n) is 7.42. The molecule has 0 spiro atoms. The number of non-ortho nitro benzene ring substituents is 1. The Bertz CT molecular complexity index is 976. The Labute approximate surface area is 173 Å². The average molecular weight is 414 g/mol. The quantitative estimate of drug-likeness (QED) is 0.317. The van der Waals surface area contributed by atoms with Crippen molar-refractivity contribution >= 4 is 29.0 Å². The Kier molecular flexibility index (Phi) is 6.89. The summed E-state index contributed by atoms with van der Waals surface area (Å²) >= 11 is 0. The van der Waals surface area contributed by atoms with Gasteiger partial charge in [-0.25, -0.2) is 4.79 Å². The van der Waals surface area contributed by atoms with Gasteiger partial charge in [-0.3, -0.25) is 19.7 Å². The van der Waals surface area contributed by atoms with Crippen LogP contribution in [0.25, 0.3) is 0 Å². The summed E-state index contributed by atoms with van der Waals surface area (Å²) in [5, 5.41) is 13.7. The standard InChI is InChI=1S/C21H22N2O7/c1-21(2,3)20(26)22-14-7-5-13(6-8-14)17(24)12-30-19(25)16-11-15(23(27)28)9-10-18(16)29-4/h5-11H,12H2,1-4H3,(H,22,26). The zero-order valence-corrected chi connectivity index (χ0v) is 17.1.